The van der Waals surface area contributed by atoms with Crippen LogP contribution in [0.3, 0.4) is 0 Å². The second-order valence-corrected chi connectivity index (χ2v) is 12.1. The lowest BCUT2D eigenvalue weighted by Gasteiger charge is -2.26. The Bertz CT molecular complexity index is 1090. The number of hydrazine groups is 1. The number of nitrogens with zero attached hydrogens (tertiary/aromatic N) is 1. The maximum atomic E-state index is 13.3. The lowest BCUT2D eigenvalue weighted by Crippen LogP contribution is -2.43. The SMILES string of the molecule is CC1NNC(N2CC(Cc3ccc(F)cc3)c3ccc(S(=O)(=O)NC4(C)CC4)cc32)S1. The Morgan fingerprint density at radius 3 is 2.58 bits per heavy atom. The zero-order valence-electron chi connectivity index (χ0n) is 17.6. The summed E-state index contributed by atoms with van der Waals surface area (Å²) in [6.45, 7) is 4.79. The molecule has 0 aromatic heterocycles. The minimum atomic E-state index is -3.58. The van der Waals surface area contributed by atoms with Gasteiger partial charge in [0.25, 0.3) is 0 Å². The van der Waals surface area contributed by atoms with Crippen molar-refractivity contribution in [3.05, 3.63) is 59.4 Å². The van der Waals surface area contributed by atoms with Gasteiger partial charge in [0.15, 0.2) is 0 Å². The van der Waals surface area contributed by atoms with Gasteiger partial charge in [-0.2, -0.15) is 0 Å². The second-order valence-electron chi connectivity index (χ2n) is 8.99. The number of sulfonamides is 1. The van der Waals surface area contributed by atoms with Crippen molar-refractivity contribution in [2.45, 2.75) is 60.3 Å². The third-order valence-electron chi connectivity index (χ3n) is 6.28. The molecule has 1 saturated carbocycles. The Kier molecular flexibility index (Phi) is 5.29. The summed E-state index contributed by atoms with van der Waals surface area (Å²) in [5, 5.41) is 0.257. The Morgan fingerprint density at radius 1 is 1.19 bits per heavy atom. The Morgan fingerprint density at radius 2 is 1.94 bits per heavy atom. The molecule has 6 nitrogen and oxygen atoms in total. The van der Waals surface area contributed by atoms with E-state index in [4.69, 9.17) is 0 Å². The highest BCUT2D eigenvalue weighted by atomic mass is 32.2. The molecule has 0 amide bonds. The van der Waals surface area contributed by atoms with E-state index in [0.717, 1.165) is 42.6 Å². The molecule has 2 aromatic rings. The molecule has 3 N–H and O–H groups in total. The summed E-state index contributed by atoms with van der Waals surface area (Å²) in [5.41, 5.74) is 9.38. The summed E-state index contributed by atoms with van der Waals surface area (Å²) in [5.74, 6) is -0.0417. The van der Waals surface area contributed by atoms with Gasteiger partial charge in [0.1, 0.15) is 11.3 Å². The third-order valence-corrected chi connectivity index (χ3v) is 9.07. The van der Waals surface area contributed by atoms with Crippen LogP contribution >= 0.6 is 11.8 Å². The number of thioether (sulfide) groups is 1. The number of anilines is 1. The predicted molar refractivity (Wildman–Crippen MR) is 122 cm³/mol. The molecule has 2 aliphatic heterocycles. The molecule has 0 radical (unpaired) electrons. The molecule has 0 spiro atoms. The zero-order valence-corrected chi connectivity index (χ0v) is 19.2. The highest BCUT2D eigenvalue weighted by molar-refractivity contribution is 8.00. The number of rotatable bonds is 6. The third kappa shape index (κ3) is 4.34. The van der Waals surface area contributed by atoms with Gasteiger partial charge in [-0.05, 0) is 68.5 Å². The lowest BCUT2D eigenvalue weighted by molar-refractivity contribution is 0.527. The highest BCUT2D eigenvalue weighted by Gasteiger charge is 2.42. The smallest absolute Gasteiger partial charge is 0.241 e. The fourth-order valence-electron chi connectivity index (χ4n) is 4.29. The average Bonchev–Trinajstić information content (AvgIpc) is 3.12. The normalized spacial score (nSPS) is 26.8. The van der Waals surface area contributed by atoms with Gasteiger partial charge in [0.2, 0.25) is 10.0 Å². The Labute approximate surface area is 187 Å². The molecule has 9 heteroatoms. The summed E-state index contributed by atoms with van der Waals surface area (Å²) >= 11 is 1.76. The molecule has 3 atom stereocenters. The number of hydrogen-bond donors (Lipinski definition) is 3. The maximum absolute atomic E-state index is 13.3. The standard InChI is InChI=1S/C22H27FN4O2S2/c1-14-24-25-21(30-14)27-13-16(11-15-3-5-17(23)6-4-15)19-8-7-18(12-20(19)27)31(28,29)26-22(2)9-10-22/h3-8,12,14,16,21,24-26H,9-11,13H2,1-2H3. The van der Waals surface area contributed by atoms with E-state index in [-0.39, 0.29) is 28.1 Å². The molecule has 2 aromatic carbocycles. The first-order valence-electron chi connectivity index (χ1n) is 10.6. The molecular weight excluding hydrogens is 435 g/mol. The van der Waals surface area contributed by atoms with Gasteiger partial charge < -0.3 is 4.90 Å². The monoisotopic (exact) mass is 462 g/mol. The van der Waals surface area contributed by atoms with Crippen LogP contribution in [0.1, 0.15) is 43.7 Å². The molecule has 3 unspecified atom stereocenters. The number of halogens is 1. The van der Waals surface area contributed by atoms with Crippen LogP contribution in [-0.4, -0.2) is 31.4 Å². The predicted octanol–water partition coefficient (Wildman–Crippen LogP) is 3.27. The van der Waals surface area contributed by atoms with Crippen LogP contribution in [0.25, 0.3) is 0 Å². The summed E-state index contributed by atoms with van der Waals surface area (Å²) in [4.78, 5) is 2.54. The summed E-state index contributed by atoms with van der Waals surface area (Å²) < 4.78 is 42.1. The van der Waals surface area contributed by atoms with Crippen molar-refractivity contribution in [3.8, 4) is 0 Å². The zero-order chi connectivity index (χ0) is 21.8. The van der Waals surface area contributed by atoms with Crippen molar-refractivity contribution < 1.29 is 12.8 Å². The lowest BCUT2D eigenvalue weighted by atomic mass is 9.94. The summed E-state index contributed by atoms with van der Waals surface area (Å²) in [6, 6.07) is 12.1. The maximum Gasteiger partial charge on any atom is 0.241 e. The van der Waals surface area contributed by atoms with Crippen molar-refractivity contribution in [3.63, 3.8) is 0 Å². The van der Waals surface area contributed by atoms with Crippen LogP contribution < -0.4 is 20.5 Å². The Balaban J connectivity index is 1.47. The van der Waals surface area contributed by atoms with Crippen LogP contribution in [0, 0.1) is 5.82 Å². The van der Waals surface area contributed by atoms with Crippen molar-refractivity contribution in [2.75, 3.05) is 11.4 Å². The molecule has 1 aliphatic carbocycles. The molecule has 3 aliphatic rings. The molecule has 2 heterocycles. The second kappa shape index (κ2) is 7.74. The van der Waals surface area contributed by atoms with E-state index in [9.17, 15) is 12.8 Å². The van der Waals surface area contributed by atoms with Crippen LogP contribution in [0.4, 0.5) is 10.1 Å². The van der Waals surface area contributed by atoms with Crippen molar-refractivity contribution in [1.82, 2.24) is 15.6 Å². The van der Waals surface area contributed by atoms with Gasteiger partial charge in [-0.1, -0.05) is 18.2 Å². The van der Waals surface area contributed by atoms with E-state index >= 15 is 0 Å². The molecular formula is C22H27FN4O2S2. The van der Waals surface area contributed by atoms with Gasteiger partial charge in [0, 0.05) is 23.7 Å². The fraction of sp³-hybridized carbons (Fsp3) is 0.455. The van der Waals surface area contributed by atoms with Crippen molar-refractivity contribution in [1.29, 1.82) is 0 Å². The van der Waals surface area contributed by atoms with Crippen molar-refractivity contribution in [2.24, 2.45) is 0 Å². The molecule has 1 saturated heterocycles. The topological polar surface area (TPSA) is 73.5 Å². The first-order chi connectivity index (χ1) is 14.7. The Hall–Kier alpha value is -1.65. The van der Waals surface area contributed by atoms with E-state index in [1.165, 1.54) is 12.1 Å². The van der Waals surface area contributed by atoms with Crippen LogP contribution in [-0.2, 0) is 16.4 Å². The molecule has 31 heavy (non-hydrogen) atoms. The minimum Gasteiger partial charge on any atom is -0.345 e. The number of fused-ring (bicyclic) bond motifs is 1. The average molecular weight is 463 g/mol. The minimum absolute atomic E-state index is 0.0128. The van der Waals surface area contributed by atoms with Gasteiger partial charge in [-0.15, -0.1) is 11.8 Å². The van der Waals surface area contributed by atoms with Crippen LogP contribution in [0.2, 0.25) is 0 Å². The van der Waals surface area contributed by atoms with Crippen LogP contribution in [0.15, 0.2) is 47.4 Å². The molecule has 2 fully saturated rings. The van der Waals surface area contributed by atoms with E-state index in [1.807, 2.05) is 25.1 Å². The highest BCUT2D eigenvalue weighted by Crippen LogP contribution is 2.43. The molecule has 5 rings (SSSR count). The van der Waals surface area contributed by atoms with E-state index < -0.39 is 10.0 Å². The number of nitrogens with one attached hydrogen (secondary N) is 3. The van der Waals surface area contributed by atoms with Crippen molar-refractivity contribution >= 4 is 27.5 Å². The molecule has 166 valence electrons. The first-order valence-corrected chi connectivity index (χ1v) is 13.0. The van der Waals surface area contributed by atoms with Crippen LogP contribution in [0.5, 0.6) is 0 Å². The van der Waals surface area contributed by atoms with Gasteiger partial charge in [0.05, 0.1) is 10.3 Å². The number of hydrogen-bond acceptors (Lipinski definition) is 6. The fourth-order valence-corrected chi connectivity index (χ4v) is 6.78. The van der Waals surface area contributed by atoms with Gasteiger partial charge in [-0.3, -0.25) is 0 Å². The summed E-state index contributed by atoms with van der Waals surface area (Å²) in [6.07, 6.45) is 2.51. The van der Waals surface area contributed by atoms with E-state index in [2.05, 4.69) is 27.4 Å². The quantitative estimate of drug-likeness (QED) is 0.612. The van der Waals surface area contributed by atoms with Gasteiger partial charge >= 0.3 is 0 Å². The summed E-state index contributed by atoms with van der Waals surface area (Å²) in [7, 11) is -3.58. The van der Waals surface area contributed by atoms with Gasteiger partial charge in [-0.25, -0.2) is 28.4 Å². The number of benzene rings is 2. The van der Waals surface area contributed by atoms with E-state index in [0.29, 0.717) is 4.90 Å². The first kappa shape index (κ1) is 21.2. The van der Waals surface area contributed by atoms with E-state index in [1.54, 1.807) is 23.9 Å². The molecule has 0 bridgehead atoms. The largest absolute Gasteiger partial charge is 0.345 e.